The Bertz CT molecular complexity index is 958. The first-order chi connectivity index (χ1) is 14.4. The third-order valence-electron chi connectivity index (χ3n) is 5.74. The Morgan fingerprint density at radius 1 is 1.17 bits per heavy atom. The van der Waals surface area contributed by atoms with Gasteiger partial charge in [-0.25, -0.2) is 4.99 Å². The van der Waals surface area contributed by atoms with Crippen LogP contribution in [0.4, 0.5) is 14.5 Å². The predicted octanol–water partition coefficient (Wildman–Crippen LogP) is 3.67. The molecular formula is C22H24F2N4O2. The number of nitrogens with zero attached hydrogens (tertiary/aromatic N) is 2. The highest BCUT2D eigenvalue weighted by Crippen LogP contribution is 2.40. The maximum atomic E-state index is 13.3. The van der Waals surface area contributed by atoms with Crippen molar-refractivity contribution in [1.82, 2.24) is 4.90 Å². The molecule has 4 rings (SSSR count). The van der Waals surface area contributed by atoms with Crippen LogP contribution in [0.1, 0.15) is 36.8 Å². The van der Waals surface area contributed by atoms with E-state index >= 15 is 0 Å². The number of carbonyl (C=O) groups excluding carboxylic acids is 1. The number of amides is 1. The monoisotopic (exact) mass is 414 g/mol. The quantitative estimate of drug-likeness (QED) is 0.756. The van der Waals surface area contributed by atoms with Gasteiger partial charge >= 0.3 is 6.61 Å². The number of ether oxygens (including phenoxy) is 1. The van der Waals surface area contributed by atoms with Gasteiger partial charge in [0.25, 0.3) is 5.91 Å². The minimum atomic E-state index is -2.92. The number of hydrogen-bond donors (Lipinski definition) is 2. The zero-order valence-electron chi connectivity index (χ0n) is 16.6. The van der Waals surface area contributed by atoms with Crippen LogP contribution in [0.3, 0.4) is 0 Å². The van der Waals surface area contributed by atoms with Gasteiger partial charge in [-0.1, -0.05) is 37.1 Å². The molecule has 0 radical (unpaired) electrons. The number of benzene rings is 2. The van der Waals surface area contributed by atoms with Crippen LogP contribution in [-0.2, 0) is 10.3 Å². The minimum Gasteiger partial charge on any atom is -0.435 e. The average Bonchev–Trinajstić information content (AvgIpc) is 3.31. The number of aliphatic imine (C=N–C) groups is 1. The van der Waals surface area contributed by atoms with Gasteiger partial charge in [0.2, 0.25) is 0 Å². The highest BCUT2D eigenvalue weighted by atomic mass is 19.3. The van der Waals surface area contributed by atoms with Gasteiger partial charge in [0, 0.05) is 18.8 Å². The van der Waals surface area contributed by atoms with Crippen LogP contribution in [0.5, 0.6) is 5.75 Å². The van der Waals surface area contributed by atoms with Crippen LogP contribution in [0.15, 0.2) is 53.5 Å². The Morgan fingerprint density at radius 2 is 1.87 bits per heavy atom. The van der Waals surface area contributed by atoms with E-state index in [0.717, 1.165) is 18.5 Å². The zero-order valence-corrected chi connectivity index (χ0v) is 16.6. The van der Waals surface area contributed by atoms with Gasteiger partial charge in [0.1, 0.15) is 5.75 Å². The molecule has 0 bridgehead atoms. The van der Waals surface area contributed by atoms with Crippen LogP contribution in [0, 0.1) is 0 Å². The lowest BCUT2D eigenvalue weighted by Crippen LogP contribution is -2.41. The molecule has 1 fully saturated rings. The molecule has 30 heavy (non-hydrogen) atoms. The Labute approximate surface area is 173 Å². The summed E-state index contributed by atoms with van der Waals surface area (Å²) < 4.78 is 29.5. The third kappa shape index (κ3) is 3.58. The van der Waals surface area contributed by atoms with Gasteiger partial charge in [-0.05, 0) is 48.2 Å². The number of likely N-dealkylation sites (N-methyl/N-ethyl adjacent to an activating group) is 1. The maximum Gasteiger partial charge on any atom is 0.387 e. The Kier molecular flexibility index (Phi) is 5.32. The number of guanidine groups is 1. The molecule has 1 heterocycles. The van der Waals surface area contributed by atoms with E-state index in [1.165, 1.54) is 29.9 Å². The SMILES string of the molecule is CN1C(=O)C(c2ccc(OC(F)F)cc2)(c2cccc(NC3CCCC3)c2)N=C1N. The summed E-state index contributed by atoms with van der Waals surface area (Å²) in [6.07, 6.45) is 4.65. The number of carbonyl (C=O) groups is 1. The van der Waals surface area contributed by atoms with Crippen LogP contribution in [0.2, 0.25) is 0 Å². The number of hydrogen-bond acceptors (Lipinski definition) is 5. The van der Waals surface area contributed by atoms with Gasteiger partial charge in [-0.3, -0.25) is 9.69 Å². The third-order valence-corrected chi connectivity index (χ3v) is 5.74. The van der Waals surface area contributed by atoms with Crippen molar-refractivity contribution in [3.8, 4) is 5.75 Å². The van der Waals surface area contributed by atoms with Crippen LogP contribution in [0.25, 0.3) is 0 Å². The van der Waals surface area contributed by atoms with Crippen molar-refractivity contribution < 1.29 is 18.3 Å². The second kappa shape index (κ2) is 7.93. The predicted molar refractivity (Wildman–Crippen MR) is 111 cm³/mol. The number of alkyl halides is 2. The summed E-state index contributed by atoms with van der Waals surface area (Å²) in [5.74, 6) is -0.195. The highest BCUT2D eigenvalue weighted by molar-refractivity contribution is 6.09. The summed E-state index contributed by atoms with van der Waals surface area (Å²) in [7, 11) is 1.57. The molecule has 0 saturated heterocycles. The van der Waals surface area contributed by atoms with Crippen molar-refractivity contribution in [2.75, 3.05) is 12.4 Å². The van der Waals surface area contributed by atoms with Crippen LogP contribution < -0.4 is 15.8 Å². The van der Waals surface area contributed by atoms with E-state index < -0.39 is 12.2 Å². The molecule has 1 aliphatic heterocycles. The van der Waals surface area contributed by atoms with Gasteiger partial charge in [-0.15, -0.1) is 0 Å². The fourth-order valence-electron chi connectivity index (χ4n) is 4.20. The zero-order chi connectivity index (χ0) is 21.3. The number of rotatable bonds is 6. The molecule has 1 saturated carbocycles. The number of nitrogens with one attached hydrogen (secondary N) is 1. The fraction of sp³-hybridized carbons (Fsp3) is 0.364. The molecule has 0 aromatic heterocycles. The summed E-state index contributed by atoms with van der Waals surface area (Å²) >= 11 is 0. The lowest BCUT2D eigenvalue weighted by molar-refractivity contribution is -0.129. The van der Waals surface area contributed by atoms with Gasteiger partial charge in [0.05, 0.1) is 0 Å². The summed E-state index contributed by atoms with van der Waals surface area (Å²) in [5.41, 5.74) is 6.72. The van der Waals surface area contributed by atoms with Crippen LogP contribution >= 0.6 is 0 Å². The van der Waals surface area contributed by atoms with Crippen molar-refractivity contribution in [2.24, 2.45) is 10.7 Å². The molecule has 1 atom stereocenters. The Hall–Kier alpha value is -3.16. The van der Waals surface area contributed by atoms with Crippen molar-refractivity contribution in [3.05, 3.63) is 59.7 Å². The summed E-state index contributed by atoms with van der Waals surface area (Å²) in [6.45, 7) is -2.92. The first-order valence-corrected chi connectivity index (χ1v) is 9.96. The molecule has 2 aromatic rings. The van der Waals surface area contributed by atoms with E-state index in [-0.39, 0.29) is 17.6 Å². The maximum absolute atomic E-state index is 13.3. The fourth-order valence-corrected chi connectivity index (χ4v) is 4.20. The molecule has 0 spiro atoms. The second-order valence-electron chi connectivity index (χ2n) is 7.65. The molecule has 8 heteroatoms. The highest BCUT2D eigenvalue weighted by Gasteiger charge is 2.49. The van der Waals surface area contributed by atoms with Gasteiger partial charge in [0.15, 0.2) is 11.5 Å². The largest absolute Gasteiger partial charge is 0.435 e. The number of nitrogens with two attached hydrogens (primary N) is 1. The Morgan fingerprint density at radius 3 is 2.47 bits per heavy atom. The van der Waals surface area contributed by atoms with E-state index in [2.05, 4.69) is 15.0 Å². The Balaban J connectivity index is 1.75. The smallest absolute Gasteiger partial charge is 0.387 e. The second-order valence-corrected chi connectivity index (χ2v) is 7.65. The molecule has 1 amide bonds. The molecule has 158 valence electrons. The molecule has 2 aliphatic rings. The van der Waals surface area contributed by atoms with E-state index in [4.69, 9.17) is 5.73 Å². The number of anilines is 1. The average molecular weight is 414 g/mol. The van der Waals surface area contributed by atoms with E-state index in [1.807, 2.05) is 24.3 Å². The van der Waals surface area contributed by atoms with Crippen molar-refractivity contribution in [1.29, 1.82) is 0 Å². The number of halogens is 2. The normalized spacial score (nSPS) is 21.9. The van der Waals surface area contributed by atoms with Crippen molar-refractivity contribution >= 4 is 17.6 Å². The lowest BCUT2D eigenvalue weighted by Gasteiger charge is -2.27. The van der Waals surface area contributed by atoms with E-state index in [1.54, 1.807) is 19.2 Å². The van der Waals surface area contributed by atoms with E-state index in [0.29, 0.717) is 17.2 Å². The first-order valence-electron chi connectivity index (χ1n) is 9.96. The van der Waals surface area contributed by atoms with Crippen molar-refractivity contribution in [3.63, 3.8) is 0 Å². The van der Waals surface area contributed by atoms with Crippen molar-refractivity contribution in [2.45, 2.75) is 43.9 Å². The standard InChI is InChI=1S/C22H24F2N4O2/c1-28-19(29)22(27-21(28)25,14-9-11-18(12-10-14)30-20(23)24)15-5-4-8-17(13-15)26-16-6-2-3-7-16/h4-5,8-13,16,20,26H,2-3,6-7H2,1H3,(H2,25,27). The molecular weight excluding hydrogens is 390 g/mol. The summed E-state index contributed by atoms with van der Waals surface area (Å²) in [4.78, 5) is 19.2. The van der Waals surface area contributed by atoms with Crippen LogP contribution in [-0.4, -0.2) is 36.5 Å². The summed E-state index contributed by atoms with van der Waals surface area (Å²) in [5, 5.41) is 3.53. The lowest BCUT2D eigenvalue weighted by atomic mass is 9.82. The minimum absolute atomic E-state index is 0.0105. The van der Waals surface area contributed by atoms with Gasteiger partial charge in [-0.2, -0.15) is 8.78 Å². The molecule has 2 aromatic carbocycles. The topological polar surface area (TPSA) is 80.0 Å². The molecule has 6 nitrogen and oxygen atoms in total. The van der Waals surface area contributed by atoms with Gasteiger partial charge < -0.3 is 15.8 Å². The summed E-state index contributed by atoms with van der Waals surface area (Å²) in [6, 6.07) is 13.9. The molecule has 1 unspecified atom stereocenters. The first kappa shape index (κ1) is 20.1. The van der Waals surface area contributed by atoms with E-state index in [9.17, 15) is 13.6 Å². The molecule has 1 aliphatic carbocycles. The molecule has 3 N–H and O–H groups in total.